The molecule has 0 saturated heterocycles. The Hall–Kier alpha value is -2.35. The molecule has 0 bridgehead atoms. The van der Waals surface area contributed by atoms with Crippen molar-refractivity contribution in [3.05, 3.63) is 39.4 Å². The van der Waals surface area contributed by atoms with Crippen molar-refractivity contribution in [3.8, 4) is 12.3 Å². The van der Waals surface area contributed by atoms with Crippen LogP contribution in [0.2, 0.25) is 0 Å². The fraction of sp³-hybridized carbons (Fsp3) is 0.100. The molecule has 5 heteroatoms. The molecule has 0 N–H and O–H groups in total. The third kappa shape index (κ3) is 2.31. The van der Waals surface area contributed by atoms with Gasteiger partial charge in [-0.2, -0.15) is 0 Å². The maximum atomic E-state index is 11.1. The second-order valence-corrected chi connectivity index (χ2v) is 2.66. The molecule has 0 atom stereocenters. The number of nitrogens with zero attached hydrogens (tertiary/aromatic N) is 1. The quantitative estimate of drug-likeness (QED) is 0.316. The lowest BCUT2D eigenvalue weighted by molar-refractivity contribution is -0.384. The first kappa shape index (κ1) is 10.7. The van der Waals surface area contributed by atoms with Gasteiger partial charge in [0, 0.05) is 17.7 Å². The van der Waals surface area contributed by atoms with E-state index in [0.29, 0.717) is 0 Å². The molecule has 5 nitrogen and oxygen atoms in total. The van der Waals surface area contributed by atoms with E-state index >= 15 is 0 Å². The predicted molar refractivity (Wildman–Crippen MR) is 52.4 cm³/mol. The molecule has 0 fully saturated rings. The van der Waals surface area contributed by atoms with Gasteiger partial charge < -0.3 is 4.74 Å². The summed E-state index contributed by atoms with van der Waals surface area (Å²) < 4.78 is 4.44. The Balaban J connectivity index is 3.31. The van der Waals surface area contributed by atoms with Crippen molar-refractivity contribution in [2.75, 3.05) is 7.11 Å². The lowest BCUT2D eigenvalue weighted by Gasteiger charge is -2.00. The second kappa shape index (κ2) is 4.24. The standard InChI is InChI=1S/C10H7NO4/c1-3-7-4-8(10(12)15-2)6-9(5-7)11(13)14/h1,4-6H,2H3. The van der Waals surface area contributed by atoms with Gasteiger partial charge in [-0.25, -0.2) is 4.79 Å². The number of methoxy groups -OCH3 is 1. The SMILES string of the molecule is C#Cc1cc(C(=O)OC)cc([N+](=O)[O-])c1. The Morgan fingerprint density at radius 3 is 2.67 bits per heavy atom. The zero-order valence-electron chi connectivity index (χ0n) is 7.89. The number of terminal acetylenes is 1. The molecule has 0 saturated carbocycles. The van der Waals surface area contributed by atoms with Crippen molar-refractivity contribution in [1.29, 1.82) is 0 Å². The highest BCUT2D eigenvalue weighted by Crippen LogP contribution is 2.17. The summed E-state index contributed by atoms with van der Waals surface area (Å²) in [7, 11) is 1.19. The number of carbonyl (C=O) groups is 1. The van der Waals surface area contributed by atoms with Crippen LogP contribution in [-0.4, -0.2) is 18.0 Å². The van der Waals surface area contributed by atoms with Gasteiger partial charge in [-0.1, -0.05) is 5.92 Å². The van der Waals surface area contributed by atoms with Gasteiger partial charge in [0.2, 0.25) is 0 Å². The second-order valence-electron chi connectivity index (χ2n) is 2.66. The molecule has 76 valence electrons. The summed E-state index contributed by atoms with van der Waals surface area (Å²) in [5, 5.41) is 10.5. The molecule has 0 aliphatic heterocycles. The minimum Gasteiger partial charge on any atom is -0.465 e. The molecule has 0 radical (unpaired) electrons. The number of hydrogen-bond acceptors (Lipinski definition) is 4. The molecule has 0 aliphatic rings. The molecule has 1 rings (SSSR count). The van der Waals surface area contributed by atoms with Crippen molar-refractivity contribution in [2.24, 2.45) is 0 Å². The van der Waals surface area contributed by atoms with E-state index in [1.165, 1.54) is 19.2 Å². The number of carbonyl (C=O) groups excluding carboxylic acids is 1. The lowest BCUT2D eigenvalue weighted by atomic mass is 10.1. The average Bonchev–Trinajstić information content (AvgIpc) is 2.27. The number of benzene rings is 1. The number of nitro groups is 1. The number of ether oxygens (including phenoxy) is 1. The Bertz CT molecular complexity index is 459. The normalized spacial score (nSPS) is 9.07. The number of hydrogen-bond donors (Lipinski definition) is 0. The highest BCUT2D eigenvalue weighted by atomic mass is 16.6. The van der Waals surface area contributed by atoms with Gasteiger partial charge in [-0.3, -0.25) is 10.1 Å². The van der Waals surface area contributed by atoms with E-state index in [0.717, 1.165) is 6.07 Å². The van der Waals surface area contributed by atoms with Crippen LogP contribution in [0.4, 0.5) is 5.69 Å². The maximum absolute atomic E-state index is 11.1. The van der Waals surface area contributed by atoms with E-state index in [1.807, 2.05) is 0 Å². The Morgan fingerprint density at radius 2 is 2.20 bits per heavy atom. The molecule has 0 heterocycles. The molecule has 0 aromatic heterocycles. The van der Waals surface area contributed by atoms with Crippen molar-refractivity contribution in [1.82, 2.24) is 0 Å². The molecule has 0 aliphatic carbocycles. The first-order valence-electron chi connectivity index (χ1n) is 3.93. The van der Waals surface area contributed by atoms with Crippen molar-refractivity contribution >= 4 is 11.7 Å². The summed E-state index contributed by atoms with van der Waals surface area (Å²) in [6, 6.07) is 3.69. The molecule has 1 aromatic rings. The molecule has 0 spiro atoms. The number of esters is 1. The molecule has 0 unspecified atom stereocenters. The largest absolute Gasteiger partial charge is 0.465 e. The van der Waals surface area contributed by atoms with E-state index in [4.69, 9.17) is 6.42 Å². The zero-order valence-corrected chi connectivity index (χ0v) is 7.89. The van der Waals surface area contributed by atoms with E-state index in [-0.39, 0.29) is 16.8 Å². The van der Waals surface area contributed by atoms with Crippen LogP contribution in [0.15, 0.2) is 18.2 Å². The van der Waals surface area contributed by atoms with Crippen molar-refractivity contribution < 1.29 is 14.5 Å². The van der Waals surface area contributed by atoms with Gasteiger partial charge >= 0.3 is 5.97 Å². The van der Waals surface area contributed by atoms with Crippen LogP contribution in [0.25, 0.3) is 0 Å². The molecule has 15 heavy (non-hydrogen) atoms. The van der Waals surface area contributed by atoms with Crippen LogP contribution in [0.5, 0.6) is 0 Å². The van der Waals surface area contributed by atoms with Crippen LogP contribution < -0.4 is 0 Å². The third-order valence-electron chi connectivity index (χ3n) is 1.72. The zero-order chi connectivity index (χ0) is 11.4. The van der Waals surface area contributed by atoms with Crippen LogP contribution in [0, 0.1) is 22.5 Å². The van der Waals surface area contributed by atoms with Crippen LogP contribution in [0.3, 0.4) is 0 Å². The summed E-state index contributed by atoms with van der Waals surface area (Å²) in [5.41, 5.74) is 0.107. The lowest BCUT2D eigenvalue weighted by Crippen LogP contribution is -2.02. The van der Waals surface area contributed by atoms with E-state index < -0.39 is 10.9 Å². The summed E-state index contributed by atoms with van der Waals surface area (Å²) in [5.74, 6) is 1.57. The molecular weight excluding hydrogens is 198 g/mol. The molecular formula is C10H7NO4. The minimum atomic E-state index is -0.657. The van der Waals surface area contributed by atoms with Gasteiger partial charge in [0.25, 0.3) is 5.69 Å². The van der Waals surface area contributed by atoms with Crippen molar-refractivity contribution in [3.63, 3.8) is 0 Å². The topological polar surface area (TPSA) is 69.4 Å². The van der Waals surface area contributed by atoms with Gasteiger partial charge in [0.15, 0.2) is 0 Å². The number of nitro benzene ring substituents is 1. The fourth-order valence-corrected chi connectivity index (χ4v) is 1.04. The third-order valence-corrected chi connectivity index (χ3v) is 1.72. The first-order valence-corrected chi connectivity index (χ1v) is 3.93. The van der Waals surface area contributed by atoms with Crippen LogP contribution >= 0.6 is 0 Å². The van der Waals surface area contributed by atoms with Crippen molar-refractivity contribution in [2.45, 2.75) is 0 Å². The minimum absolute atomic E-state index is 0.0691. The summed E-state index contributed by atoms with van der Waals surface area (Å²) in [6.45, 7) is 0. The number of non-ortho nitro benzene ring substituents is 1. The summed E-state index contributed by atoms with van der Waals surface area (Å²) in [6.07, 6.45) is 5.10. The van der Waals surface area contributed by atoms with E-state index in [2.05, 4.69) is 10.7 Å². The average molecular weight is 205 g/mol. The van der Waals surface area contributed by atoms with Gasteiger partial charge in [-0.15, -0.1) is 6.42 Å². The Kier molecular flexibility index (Phi) is 3.03. The maximum Gasteiger partial charge on any atom is 0.338 e. The highest BCUT2D eigenvalue weighted by molar-refractivity contribution is 5.90. The van der Waals surface area contributed by atoms with Crippen LogP contribution in [-0.2, 0) is 4.74 Å². The highest BCUT2D eigenvalue weighted by Gasteiger charge is 2.13. The Labute approximate surface area is 85.8 Å². The first-order chi connectivity index (χ1) is 7.08. The number of rotatable bonds is 2. The fourth-order valence-electron chi connectivity index (χ4n) is 1.04. The summed E-state index contributed by atoms with van der Waals surface area (Å²) in [4.78, 5) is 21.0. The van der Waals surface area contributed by atoms with E-state index in [1.54, 1.807) is 0 Å². The van der Waals surface area contributed by atoms with Gasteiger partial charge in [-0.05, 0) is 6.07 Å². The molecule has 0 amide bonds. The van der Waals surface area contributed by atoms with Gasteiger partial charge in [0.05, 0.1) is 17.6 Å². The Morgan fingerprint density at radius 1 is 1.53 bits per heavy atom. The van der Waals surface area contributed by atoms with Crippen LogP contribution in [0.1, 0.15) is 15.9 Å². The monoisotopic (exact) mass is 205 g/mol. The smallest absolute Gasteiger partial charge is 0.338 e. The van der Waals surface area contributed by atoms with E-state index in [9.17, 15) is 14.9 Å². The molecule has 1 aromatic carbocycles. The summed E-state index contributed by atoms with van der Waals surface area (Å²) >= 11 is 0. The predicted octanol–water partition coefficient (Wildman–Crippen LogP) is 1.36. The van der Waals surface area contributed by atoms with Gasteiger partial charge in [0.1, 0.15) is 0 Å².